The lowest BCUT2D eigenvalue weighted by Gasteiger charge is -2.04. The number of hydrogen-bond donors (Lipinski definition) is 1. The molecule has 0 fully saturated rings. The van der Waals surface area contributed by atoms with Crippen LogP contribution in [0.2, 0.25) is 5.28 Å². The SMILES string of the molecule is CCCCCCCCNc1ccnc(Cl)n1. The first-order chi connectivity index (χ1) is 7.83. The summed E-state index contributed by atoms with van der Waals surface area (Å²) in [6, 6.07) is 1.84. The van der Waals surface area contributed by atoms with E-state index in [0.29, 0.717) is 5.28 Å². The predicted molar refractivity (Wildman–Crippen MR) is 68.9 cm³/mol. The summed E-state index contributed by atoms with van der Waals surface area (Å²) in [5, 5.41) is 3.54. The van der Waals surface area contributed by atoms with Gasteiger partial charge in [0.1, 0.15) is 5.82 Å². The van der Waals surface area contributed by atoms with E-state index in [4.69, 9.17) is 11.6 Å². The van der Waals surface area contributed by atoms with E-state index in [1.165, 1.54) is 38.5 Å². The Labute approximate surface area is 103 Å². The van der Waals surface area contributed by atoms with Crippen LogP contribution in [0.25, 0.3) is 0 Å². The summed E-state index contributed by atoms with van der Waals surface area (Å²) in [7, 11) is 0. The molecule has 1 aromatic heterocycles. The van der Waals surface area contributed by atoms with Gasteiger partial charge in [-0.05, 0) is 24.1 Å². The molecule has 0 aliphatic carbocycles. The van der Waals surface area contributed by atoms with E-state index in [0.717, 1.165) is 12.4 Å². The molecule has 0 saturated heterocycles. The van der Waals surface area contributed by atoms with Gasteiger partial charge >= 0.3 is 0 Å². The Balaban J connectivity index is 2.03. The van der Waals surface area contributed by atoms with Gasteiger partial charge in [0, 0.05) is 12.7 Å². The van der Waals surface area contributed by atoms with E-state index in [-0.39, 0.29) is 0 Å². The van der Waals surface area contributed by atoms with E-state index in [9.17, 15) is 0 Å². The van der Waals surface area contributed by atoms with Gasteiger partial charge in [0.05, 0.1) is 0 Å². The second kappa shape index (κ2) is 8.34. The van der Waals surface area contributed by atoms with E-state index >= 15 is 0 Å². The maximum atomic E-state index is 5.68. The molecule has 0 radical (unpaired) electrons. The van der Waals surface area contributed by atoms with E-state index in [1.807, 2.05) is 6.07 Å². The Morgan fingerprint density at radius 2 is 1.94 bits per heavy atom. The van der Waals surface area contributed by atoms with Gasteiger partial charge in [-0.2, -0.15) is 0 Å². The Hall–Kier alpha value is -0.830. The number of halogens is 1. The molecule has 4 heteroatoms. The number of nitrogens with one attached hydrogen (secondary N) is 1. The monoisotopic (exact) mass is 241 g/mol. The van der Waals surface area contributed by atoms with Gasteiger partial charge < -0.3 is 5.32 Å². The number of rotatable bonds is 8. The standard InChI is InChI=1S/C12H20ClN3/c1-2-3-4-5-6-7-9-14-11-8-10-15-12(13)16-11/h8,10H,2-7,9H2,1H3,(H,14,15,16). The zero-order valence-corrected chi connectivity index (χ0v) is 10.6. The van der Waals surface area contributed by atoms with Crippen LogP contribution in [0, 0.1) is 0 Å². The summed E-state index contributed by atoms with van der Waals surface area (Å²) in [5.41, 5.74) is 0. The smallest absolute Gasteiger partial charge is 0.224 e. The summed E-state index contributed by atoms with van der Waals surface area (Å²) in [4.78, 5) is 7.90. The molecule has 0 unspecified atom stereocenters. The molecule has 90 valence electrons. The number of aromatic nitrogens is 2. The molecule has 1 heterocycles. The Bertz CT molecular complexity index is 291. The maximum absolute atomic E-state index is 5.68. The van der Waals surface area contributed by atoms with Gasteiger partial charge in [-0.1, -0.05) is 39.0 Å². The van der Waals surface area contributed by atoms with Gasteiger partial charge in [0.25, 0.3) is 0 Å². The summed E-state index contributed by atoms with van der Waals surface area (Å²) in [6.45, 7) is 3.19. The third-order valence-electron chi connectivity index (χ3n) is 2.46. The Morgan fingerprint density at radius 1 is 1.19 bits per heavy atom. The normalized spacial score (nSPS) is 10.4. The molecule has 0 aliphatic rings. The molecule has 0 spiro atoms. The average molecular weight is 242 g/mol. The highest BCUT2D eigenvalue weighted by Crippen LogP contribution is 2.08. The lowest BCUT2D eigenvalue weighted by Crippen LogP contribution is -2.03. The maximum Gasteiger partial charge on any atom is 0.224 e. The fourth-order valence-electron chi connectivity index (χ4n) is 1.56. The van der Waals surface area contributed by atoms with E-state index < -0.39 is 0 Å². The largest absolute Gasteiger partial charge is 0.370 e. The Kier molecular flexibility index (Phi) is 6.90. The molecule has 16 heavy (non-hydrogen) atoms. The number of nitrogens with zero attached hydrogens (tertiary/aromatic N) is 2. The van der Waals surface area contributed by atoms with Crippen LogP contribution in [0.15, 0.2) is 12.3 Å². The van der Waals surface area contributed by atoms with Crippen molar-refractivity contribution in [2.45, 2.75) is 45.4 Å². The van der Waals surface area contributed by atoms with Crippen LogP contribution in [0.5, 0.6) is 0 Å². The molecule has 0 saturated carbocycles. The van der Waals surface area contributed by atoms with Crippen molar-refractivity contribution < 1.29 is 0 Å². The summed E-state index contributed by atoms with van der Waals surface area (Å²) >= 11 is 5.68. The zero-order valence-electron chi connectivity index (χ0n) is 9.88. The number of anilines is 1. The minimum absolute atomic E-state index is 0.299. The van der Waals surface area contributed by atoms with E-state index in [1.54, 1.807) is 6.20 Å². The van der Waals surface area contributed by atoms with Crippen LogP contribution >= 0.6 is 11.6 Å². The highest BCUT2D eigenvalue weighted by molar-refractivity contribution is 6.28. The molecule has 0 aromatic carbocycles. The fraction of sp³-hybridized carbons (Fsp3) is 0.667. The van der Waals surface area contributed by atoms with Gasteiger partial charge in [-0.25, -0.2) is 9.97 Å². The highest BCUT2D eigenvalue weighted by atomic mass is 35.5. The van der Waals surface area contributed by atoms with Crippen LogP contribution in [-0.4, -0.2) is 16.5 Å². The Morgan fingerprint density at radius 3 is 2.69 bits per heavy atom. The van der Waals surface area contributed by atoms with Crippen molar-refractivity contribution in [2.24, 2.45) is 0 Å². The van der Waals surface area contributed by atoms with Gasteiger partial charge in [-0.15, -0.1) is 0 Å². The van der Waals surface area contributed by atoms with Crippen molar-refractivity contribution in [3.63, 3.8) is 0 Å². The second-order valence-electron chi connectivity index (χ2n) is 3.91. The quantitative estimate of drug-likeness (QED) is 0.554. The molecule has 1 N–H and O–H groups in total. The molecule has 0 atom stereocenters. The molecule has 0 amide bonds. The van der Waals surface area contributed by atoms with Crippen molar-refractivity contribution in [3.8, 4) is 0 Å². The summed E-state index contributed by atoms with van der Waals surface area (Å²) < 4.78 is 0. The lowest BCUT2D eigenvalue weighted by atomic mass is 10.1. The molecular weight excluding hydrogens is 222 g/mol. The predicted octanol–water partition coefficient (Wildman–Crippen LogP) is 3.90. The van der Waals surface area contributed by atoms with Crippen LogP contribution in [0.3, 0.4) is 0 Å². The fourth-order valence-corrected chi connectivity index (χ4v) is 1.70. The highest BCUT2D eigenvalue weighted by Gasteiger charge is 1.95. The molecular formula is C12H20ClN3. The van der Waals surface area contributed by atoms with Crippen LogP contribution in [0.4, 0.5) is 5.82 Å². The molecule has 3 nitrogen and oxygen atoms in total. The molecule has 0 aliphatic heterocycles. The minimum Gasteiger partial charge on any atom is -0.370 e. The first-order valence-electron chi connectivity index (χ1n) is 6.05. The van der Waals surface area contributed by atoms with Gasteiger partial charge in [0.2, 0.25) is 5.28 Å². The zero-order chi connectivity index (χ0) is 11.6. The van der Waals surface area contributed by atoms with Gasteiger partial charge in [0.15, 0.2) is 0 Å². The van der Waals surface area contributed by atoms with Crippen molar-refractivity contribution in [3.05, 3.63) is 17.5 Å². The minimum atomic E-state index is 0.299. The van der Waals surface area contributed by atoms with Crippen molar-refractivity contribution in [2.75, 3.05) is 11.9 Å². The average Bonchev–Trinajstić information content (AvgIpc) is 2.28. The van der Waals surface area contributed by atoms with Crippen LogP contribution in [-0.2, 0) is 0 Å². The third-order valence-corrected chi connectivity index (χ3v) is 2.64. The molecule has 1 aromatic rings. The van der Waals surface area contributed by atoms with Crippen LogP contribution in [0.1, 0.15) is 45.4 Å². The molecule has 0 bridgehead atoms. The number of hydrogen-bond acceptors (Lipinski definition) is 3. The topological polar surface area (TPSA) is 37.8 Å². The third kappa shape index (κ3) is 5.91. The van der Waals surface area contributed by atoms with Crippen molar-refractivity contribution in [1.82, 2.24) is 9.97 Å². The van der Waals surface area contributed by atoms with Gasteiger partial charge in [-0.3, -0.25) is 0 Å². The first kappa shape index (κ1) is 13.2. The molecule has 1 rings (SSSR count). The summed E-state index contributed by atoms with van der Waals surface area (Å²) in [6.07, 6.45) is 9.48. The van der Waals surface area contributed by atoms with Crippen LogP contribution < -0.4 is 5.32 Å². The first-order valence-corrected chi connectivity index (χ1v) is 6.43. The lowest BCUT2D eigenvalue weighted by molar-refractivity contribution is 0.617. The van der Waals surface area contributed by atoms with E-state index in [2.05, 4.69) is 22.2 Å². The van der Waals surface area contributed by atoms with Crippen molar-refractivity contribution >= 4 is 17.4 Å². The summed E-state index contributed by atoms with van der Waals surface area (Å²) in [5.74, 6) is 0.813. The van der Waals surface area contributed by atoms with Crippen molar-refractivity contribution in [1.29, 1.82) is 0 Å². The second-order valence-corrected chi connectivity index (χ2v) is 4.24. The number of unbranched alkanes of at least 4 members (excludes halogenated alkanes) is 5.